The lowest BCUT2D eigenvalue weighted by atomic mass is 10.1. The minimum Gasteiger partial charge on any atom is -0.455 e. The molecule has 1 aromatic carbocycles. The van der Waals surface area contributed by atoms with Gasteiger partial charge in [0.2, 0.25) is 11.2 Å². The molecule has 5 nitrogen and oxygen atoms in total. The normalized spacial score (nSPS) is 12.1. The number of halogens is 1. The van der Waals surface area contributed by atoms with Crippen LogP contribution in [0.2, 0.25) is 5.28 Å². The number of nitrogens with two attached hydrogens (primary N) is 1. The summed E-state index contributed by atoms with van der Waals surface area (Å²) in [4.78, 5) is 11.3. The third-order valence-electron chi connectivity index (χ3n) is 2.16. The van der Waals surface area contributed by atoms with Crippen LogP contribution in [0, 0.1) is 0 Å². The van der Waals surface area contributed by atoms with Crippen molar-refractivity contribution in [3.63, 3.8) is 0 Å². The largest absolute Gasteiger partial charge is 0.455 e. The maximum absolute atomic E-state index is 5.66. The molecule has 2 aromatic rings. The molecular weight excluding hydrogens is 240 g/mol. The van der Waals surface area contributed by atoms with Crippen LogP contribution < -0.4 is 10.5 Å². The highest BCUT2D eigenvalue weighted by Crippen LogP contribution is 2.19. The third-order valence-corrected chi connectivity index (χ3v) is 2.33. The Balaban J connectivity index is 2.16. The van der Waals surface area contributed by atoms with E-state index in [9.17, 15) is 0 Å². The van der Waals surface area contributed by atoms with Gasteiger partial charge in [-0.25, -0.2) is 0 Å². The van der Waals surface area contributed by atoms with Crippen LogP contribution in [-0.4, -0.2) is 15.0 Å². The van der Waals surface area contributed by atoms with Crippen molar-refractivity contribution < 1.29 is 4.74 Å². The Hall–Kier alpha value is -1.88. The number of hydrogen-bond donors (Lipinski definition) is 1. The Morgan fingerprint density at radius 3 is 2.53 bits per heavy atom. The van der Waals surface area contributed by atoms with Crippen molar-refractivity contribution in [3.8, 4) is 6.01 Å². The first-order chi connectivity index (χ1) is 8.15. The molecule has 0 amide bonds. The van der Waals surface area contributed by atoms with Gasteiger partial charge in [-0.2, -0.15) is 15.0 Å². The number of aromatic nitrogens is 3. The molecule has 0 spiro atoms. The molecule has 0 saturated carbocycles. The molecule has 2 N–H and O–H groups in total. The molecule has 6 heteroatoms. The summed E-state index contributed by atoms with van der Waals surface area (Å²) >= 11 is 5.66. The molecule has 1 aromatic heterocycles. The van der Waals surface area contributed by atoms with Crippen molar-refractivity contribution in [1.29, 1.82) is 0 Å². The Labute approximate surface area is 104 Å². The van der Waals surface area contributed by atoms with Crippen LogP contribution in [0.5, 0.6) is 6.01 Å². The van der Waals surface area contributed by atoms with Crippen molar-refractivity contribution in [3.05, 3.63) is 41.2 Å². The first-order valence-corrected chi connectivity index (χ1v) is 5.41. The van der Waals surface area contributed by atoms with Gasteiger partial charge in [-0.15, -0.1) is 0 Å². The fraction of sp³-hybridized carbons (Fsp3) is 0.182. The average molecular weight is 251 g/mol. The lowest BCUT2D eigenvalue weighted by molar-refractivity contribution is 0.207. The quantitative estimate of drug-likeness (QED) is 0.904. The van der Waals surface area contributed by atoms with E-state index in [1.807, 2.05) is 37.3 Å². The zero-order chi connectivity index (χ0) is 12.3. The van der Waals surface area contributed by atoms with E-state index in [1.165, 1.54) is 0 Å². The molecule has 0 aliphatic carbocycles. The Bertz CT molecular complexity index is 486. The number of anilines is 1. The first-order valence-electron chi connectivity index (χ1n) is 5.04. The highest BCUT2D eigenvalue weighted by Gasteiger charge is 2.10. The van der Waals surface area contributed by atoms with Crippen LogP contribution in [0.15, 0.2) is 30.3 Å². The van der Waals surface area contributed by atoms with Gasteiger partial charge in [0.1, 0.15) is 6.10 Å². The van der Waals surface area contributed by atoms with E-state index in [1.54, 1.807) is 0 Å². The summed E-state index contributed by atoms with van der Waals surface area (Å²) in [6.07, 6.45) is -0.186. The number of nitrogen functional groups attached to an aromatic ring is 1. The second-order valence-electron chi connectivity index (χ2n) is 3.42. The molecule has 2 rings (SSSR count). The number of nitrogens with zero attached hydrogens (tertiary/aromatic N) is 3. The maximum atomic E-state index is 5.66. The van der Waals surface area contributed by atoms with Crippen LogP contribution in [0.1, 0.15) is 18.6 Å². The second kappa shape index (κ2) is 4.97. The van der Waals surface area contributed by atoms with Crippen LogP contribution >= 0.6 is 11.6 Å². The molecule has 1 unspecified atom stereocenters. The Morgan fingerprint density at radius 2 is 1.88 bits per heavy atom. The van der Waals surface area contributed by atoms with Crippen molar-refractivity contribution in [1.82, 2.24) is 15.0 Å². The number of hydrogen-bond acceptors (Lipinski definition) is 5. The zero-order valence-electron chi connectivity index (χ0n) is 9.17. The van der Waals surface area contributed by atoms with Crippen molar-refractivity contribution in [2.45, 2.75) is 13.0 Å². The summed E-state index contributed by atoms with van der Waals surface area (Å²) in [6, 6.07) is 9.84. The molecule has 0 radical (unpaired) electrons. The van der Waals surface area contributed by atoms with E-state index in [0.717, 1.165) is 5.56 Å². The Morgan fingerprint density at radius 1 is 1.18 bits per heavy atom. The van der Waals surface area contributed by atoms with E-state index >= 15 is 0 Å². The van der Waals surface area contributed by atoms with E-state index in [-0.39, 0.29) is 23.3 Å². The molecule has 0 bridgehead atoms. The topological polar surface area (TPSA) is 73.9 Å². The van der Waals surface area contributed by atoms with E-state index in [0.29, 0.717) is 0 Å². The van der Waals surface area contributed by atoms with Gasteiger partial charge in [-0.05, 0) is 24.1 Å². The second-order valence-corrected chi connectivity index (χ2v) is 3.75. The van der Waals surface area contributed by atoms with Gasteiger partial charge in [0, 0.05) is 0 Å². The fourth-order valence-electron chi connectivity index (χ4n) is 1.35. The van der Waals surface area contributed by atoms with Crippen LogP contribution in [0.3, 0.4) is 0 Å². The van der Waals surface area contributed by atoms with E-state index in [4.69, 9.17) is 22.1 Å². The lowest BCUT2D eigenvalue weighted by Gasteiger charge is -2.13. The van der Waals surface area contributed by atoms with Gasteiger partial charge in [-0.3, -0.25) is 0 Å². The number of rotatable bonds is 3. The van der Waals surface area contributed by atoms with Gasteiger partial charge in [0.05, 0.1) is 0 Å². The molecule has 0 aliphatic heterocycles. The van der Waals surface area contributed by atoms with Crippen molar-refractivity contribution in [2.75, 3.05) is 5.73 Å². The molecule has 17 heavy (non-hydrogen) atoms. The SMILES string of the molecule is CC(Oc1nc(N)nc(Cl)n1)c1ccccc1. The standard InChI is InChI=1S/C11H11ClN4O/c1-7(8-5-3-2-4-6-8)17-11-15-9(12)14-10(13)16-11/h2-7H,1H3,(H2,13,14,15,16). The molecule has 0 aliphatic rings. The summed E-state index contributed by atoms with van der Waals surface area (Å²) in [5, 5.41) is 0.0211. The molecule has 1 atom stereocenters. The molecule has 0 fully saturated rings. The minimum absolute atomic E-state index is 0.0211. The molecule has 88 valence electrons. The van der Waals surface area contributed by atoms with Gasteiger partial charge in [-0.1, -0.05) is 30.3 Å². The predicted molar refractivity (Wildman–Crippen MR) is 64.7 cm³/mol. The molecule has 0 saturated heterocycles. The fourth-order valence-corrected chi connectivity index (χ4v) is 1.51. The van der Waals surface area contributed by atoms with Gasteiger partial charge >= 0.3 is 6.01 Å². The highest BCUT2D eigenvalue weighted by atomic mass is 35.5. The summed E-state index contributed by atoms with van der Waals surface area (Å²) in [5.74, 6) is 0.0419. The third kappa shape index (κ3) is 3.04. The zero-order valence-corrected chi connectivity index (χ0v) is 9.93. The summed E-state index contributed by atoms with van der Waals surface area (Å²) in [5.41, 5.74) is 6.46. The smallest absolute Gasteiger partial charge is 0.323 e. The monoisotopic (exact) mass is 250 g/mol. The Kier molecular flexibility index (Phi) is 3.39. The summed E-state index contributed by atoms with van der Waals surface area (Å²) in [7, 11) is 0. The summed E-state index contributed by atoms with van der Waals surface area (Å²) < 4.78 is 5.54. The number of ether oxygens (including phenoxy) is 1. The maximum Gasteiger partial charge on any atom is 0.323 e. The lowest BCUT2D eigenvalue weighted by Crippen LogP contribution is -2.07. The van der Waals surface area contributed by atoms with E-state index in [2.05, 4.69) is 15.0 Å². The molecule has 1 heterocycles. The van der Waals surface area contributed by atoms with Crippen molar-refractivity contribution >= 4 is 17.5 Å². The van der Waals surface area contributed by atoms with Crippen LogP contribution in [0.4, 0.5) is 5.95 Å². The number of benzene rings is 1. The predicted octanol–water partition coefficient (Wildman–Crippen LogP) is 2.25. The van der Waals surface area contributed by atoms with Crippen LogP contribution in [0.25, 0.3) is 0 Å². The molecular formula is C11H11ClN4O. The highest BCUT2D eigenvalue weighted by molar-refractivity contribution is 6.28. The van der Waals surface area contributed by atoms with Crippen LogP contribution in [-0.2, 0) is 0 Å². The van der Waals surface area contributed by atoms with Gasteiger partial charge in [0.15, 0.2) is 0 Å². The van der Waals surface area contributed by atoms with Crippen molar-refractivity contribution in [2.24, 2.45) is 0 Å². The van der Waals surface area contributed by atoms with Gasteiger partial charge < -0.3 is 10.5 Å². The summed E-state index contributed by atoms with van der Waals surface area (Å²) in [6.45, 7) is 1.89. The van der Waals surface area contributed by atoms with E-state index < -0.39 is 0 Å². The van der Waals surface area contributed by atoms with Gasteiger partial charge in [0.25, 0.3) is 0 Å². The average Bonchev–Trinajstić information content (AvgIpc) is 2.28. The first kappa shape index (κ1) is 11.6. The minimum atomic E-state index is -0.186.